The highest BCUT2D eigenvalue weighted by Gasteiger charge is 2.53. The lowest BCUT2D eigenvalue weighted by Gasteiger charge is -2.32. The first-order valence-electron chi connectivity index (χ1n) is 38.6. The molecule has 1 saturated heterocycles. The zero-order valence-electron chi connectivity index (χ0n) is 63.8. The van der Waals surface area contributed by atoms with E-state index in [2.05, 4.69) is 81.2 Å². The van der Waals surface area contributed by atoms with Gasteiger partial charge < -0.3 is 39.0 Å². The second kappa shape index (κ2) is 29.3. The van der Waals surface area contributed by atoms with Gasteiger partial charge in [0, 0.05) is 142 Å². The minimum absolute atomic E-state index is 0.395. The molecule has 5 aliphatic heterocycles. The van der Waals surface area contributed by atoms with E-state index in [4.69, 9.17) is 51.0 Å². The number of carbonyl (C=O) groups excluding carboxylic acids is 2. The Kier molecular flexibility index (Phi) is 19.1. The Hall–Kier alpha value is -11.6. The molecule has 0 radical (unpaired) electrons. The van der Waals surface area contributed by atoms with E-state index in [1.165, 1.54) is 75.8 Å². The lowest BCUT2D eigenvalue weighted by atomic mass is 9.77. The smallest absolute Gasteiger partial charge is 0.399 e. The van der Waals surface area contributed by atoms with Crippen LogP contribution in [0.5, 0.6) is 0 Å². The van der Waals surface area contributed by atoms with Crippen molar-refractivity contribution in [2.75, 3.05) is 0 Å². The van der Waals surface area contributed by atoms with Crippen LogP contribution in [-0.4, -0.2) is 108 Å². The number of nitrogens with zero attached hydrogens (tertiary/aromatic N) is 18. The summed E-state index contributed by atoms with van der Waals surface area (Å²) in [5.41, 5.74) is 29.5. The number of hydrogen-bond acceptors (Lipinski definition) is 18. The fourth-order valence-electron chi connectivity index (χ4n) is 18.2. The molecule has 12 aromatic rings. The summed E-state index contributed by atoms with van der Waals surface area (Å²) in [6.45, 7) is 15.9. The first-order valence-corrected chi connectivity index (χ1v) is 39.4. The van der Waals surface area contributed by atoms with Crippen LogP contribution in [0.4, 0.5) is 0 Å². The first kappa shape index (κ1) is 73.2. The minimum atomic E-state index is -0.502. The molecule has 24 nitrogen and oxygen atoms in total. The predicted octanol–water partition coefficient (Wildman–Crippen LogP) is 15.6. The van der Waals surface area contributed by atoms with E-state index in [0.717, 1.165) is 155 Å². The maximum absolute atomic E-state index is 12.0. The van der Waals surface area contributed by atoms with E-state index >= 15 is 0 Å². The number of nitriles is 2. The van der Waals surface area contributed by atoms with Crippen molar-refractivity contribution in [1.29, 1.82) is 10.5 Å². The van der Waals surface area contributed by atoms with Gasteiger partial charge in [0.2, 0.25) is 0 Å². The third-order valence-electron chi connectivity index (χ3n) is 24.1. The summed E-state index contributed by atoms with van der Waals surface area (Å²) in [7, 11) is -0.502. The van der Waals surface area contributed by atoms with Gasteiger partial charge in [-0.1, -0.05) is 24.3 Å². The molecule has 112 heavy (non-hydrogen) atoms. The predicted molar refractivity (Wildman–Crippen MR) is 427 cm³/mol. The largest absolute Gasteiger partial charge is 0.496 e. The molecular weight excluding hydrogens is 1470 g/mol. The molecule has 9 aliphatic rings. The highest BCUT2D eigenvalue weighted by atomic mass is 79.9. The fraction of sp³-hybridized carbons (Fsp3) is 0.349. The van der Waals surface area contributed by atoms with Gasteiger partial charge in [0.05, 0.1) is 73.3 Å². The number of rotatable bonds is 10. The molecule has 17 heterocycles. The Morgan fingerprint density at radius 1 is 0.429 bits per heavy atom. The average Bonchev–Trinajstić information content (AvgIpc) is 1.57. The van der Waals surface area contributed by atoms with Crippen LogP contribution in [0.2, 0.25) is 0 Å². The summed E-state index contributed by atoms with van der Waals surface area (Å²) in [5, 5.41) is 18.6. The maximum atomic E-state index is 12.0. The van der Waals surface area contributed by atoms with E-state index in [1.807, 2.05) is 146 Å². The lowest BCUT2D eigenvalue weighted by molar-refractivity contribution is 0.00578. The lowest BCUT2D eigenvalue weighted by Crippen LogP contribution is -2.41. The molecule has 0 aromatic carbocycles. The maximum Gasteiger partial charge on any atom is 0.496 e. The van der Waals surface area contributed by atoms with Crippen molar-refractivity contribution in [3.63, 3.8) is 0 Å². The van der Waals surface area contributed by atoms with Gasteiger partial charge in [-0.3, -0.25) is 49.5 Å². The molecule has 4 aliphatic carbocycles. The number of fused-ring (bicyclic) bond motifs is 20. The van der Waals surface area contributed by atoms with Crippen molar-refractivity contribution in [2.45, 2.75) is 191 Å². The number of aryl methyl sites for hydroxylation is 4. The van der Waals surface area contributed by atoms with E-state index < -0.39 is 30.1 Å². The second-order valence-corrected chi connectivity index (χ2v) is 32.4. The van der Waals surface area contributed by atoms with Gasteiger partial charge in [0.25, 0.3) is 11.8 Å². The molecule has 4 N–H and O–H groups in total. The van der Waals surface area contributed by atoms with Crippen LogP contribution in [0.1, 0.15) is 231 Å². The van der Waals surface area contributed by atoms with Crippen LogP contribution in [0.25, 0.3) is 79.3 Å². The number of amides is 2. The molecule has 26 heteroatoms. The Bertz CT molecular complexity index is 5640. The number of halogens is 1. The zero-order chi connectivity index (χ0) is 77.6. The standard InChI is InChI=1S/2C20H19N5O.C20H17N5.C14H14BrN3.C12H15BN2O2/c2*1-11-3-2-4-16(23-11)17-18(14-7-8-22-10-15(14)19(21)26)25-13-6-5-12(9-13)20(25)24-17;1-12-3-2-4-17(23-12)18-19(16-7-8-22-11-14(16)10-21)25-15-6-5-13(9-15)20(25)24-18;1-8-3-2-4-11(16-8)12-13(15)18-10-6-5-9(7-10)14(18)17-12;1-11(2)12(3,4)17-13(16-11)10-5-6-15-8-9(10)7-14/h2*2-4,7-8,10,12-13H,5-6,9H2,1H3,(H2,21,26);2-4,7-8,11,13,15H,5-6,9H2,1H3;2-4,9-10H,5-7H2,1H3;5-6,8H,1-4H3. The van der Waals surface area contributed by atoms with Crippen molar-refractivity contribution >= 4 is 40.3 Å². The van der Waals surface area contributed by atoms with Gasteiger partial charge in [-0.25, -0.2) is 19.9 Å². The average molecular weight is 1550 g/mol. The molecule has 8 atom stereocenters. The summed E-state index contributed by atoms with van der Waals surface area (Å²) >= 11 is 3.73. The van der Waals surface area contributed by atoms with Crippen molar-refractivity contribution in [2.24, 2.45) is 11.5 Å². The van der Waals surface area contributed by atoms with Crippen LogP contribution in [0.3, 0.4) is 0 Å². The fourth-order valence-corrected chi connectivity index (χ4v) is 19.0. The normalized spacial score (nSPS) is 21.2. The van der Waals surface area contributed by atoms with Crippen molar-refractivity contribution in [3.8, 4) is 91.5 Å². The number of pyridine rings is 8. The van der Waals surface area contributed by atoms with Gasteiger partial charge in [0.15, 0.2) is 0 Å². The van der Waals surface area contributed by atoms with Crippen LogP contribution in [0.15, 0.2) is 151 Å². The van der Waals surface area contributed by atoms with Crippen LogP contribution >= 0.6 is 15.9 Å². The second-order valence-electron chi connectivity index (χ2n) is 31.7. The highest BCUT2D eigenvalue weighted by molar-refractivity contribution is 9.10. The molecule has 2 amide bonds. The molecule has 562 valence electrons. The molecule has 0 spiro atoms. The summed E-state index contributed by atoms with van der Waals surface area (Å²) in [6.07, 6.45) is 27.4. The Morgan fingerprint density at radius 2 is 0.750 bits per heavy atom. The zero-order valence-corrected chi connectivity index (χ0v) is 65.3. The summed E-state index contributed by atoms with van der Waals surface area (Å²) < 4.78 is 22.3. The van der Waals surface area contributed by atoms with Crippen molar-refractivity contribution < 1.29 is 18.9 Å². The quantitative estimate of drug-likeness (QED) is 0.120. The van der Waals surface area contributed by atoms with E-state index in [9.17, 15) is 14.9 Å². The number of primary amides is 2. The number of imidazole rings is 4. The SMILES string of the molecule is CC1(C)OB(c2ccncc2C#N)OC1(C)C.Cc1cccc(-c2nc3n(c2-c2ccncc2C#N)C2CCC3C2)n1.Cc1cccc(-c2nc3n(c2-c2ccncc2C(N)=O)C2CCC3C2)n1.Cc1cccc(-c2nc3n(c2-c2ccncc2C(N)=O)C2CCC3C2)n1.Cc1cccc(-c2nc3n(c2Br)C2CCC3C2)n1. The third kappa shape index (κ3) is 13.1. The highest BCUT2D eigenvalue weighted by Crippen LogP contribution is 2.57. The molecule has 4 saturated carbocycles. The van der Waals surface area contributed by atoms with Crippen molar-refractivity contribution in [3.05, 3.63) is 220 Å². The Morgan fingerprint density at radius 3 is 1.12 bits per heavy atom. The van der Waals surface area contributed by atoms with Crippen molar-refractivity contribution in [1.82, 2.24) is 78.1 Å². The molecule has 12 aromatic heterocycles. The summed E-state index contributed by atoms with van der Waals surface area (Å²) in [6, 6.07) is 37.8. The summed E-state index contributed by atoms with van der Waals surface area (Å²) in [5.74, 6) is 5.89. The molecule has 8 unspecified atom stereocenters. The van der Waals surface area contributed by atoms with E-state index in [1.54, 1.807) is 37.1 Å². The Balaban J connectivity index is 0.000000103. The molecule has 5 fully saturated rings. The van der Waals surface area contributed by atoms with E-state index in [-0.39, 0.29) is 0 Å². The third-order valence-corrected chi connectivity index (χ3v) is 24.9. The van der Waals surface area contributed by atoms with E-state index in [0.29, 0.717) is 70.1 Å². The van der Waals surface area contributed by atoms with Gasteiger partial charge in [-0.05, 0) is 221 Å². The van der Waals surface area contributed by atoms with Crippen LogP contribution in [-0.2, 0) is 9.31 Å². The van der Waals surface area contributed by atoms with Crippen LogP contribution < -0.4 is 16.9 Å². The molecule has 8 bridgehead atoms. The summed E-state index contributed by atoms with van der Waals surface area (Å²) in [4.78, 5) is 78.7. The molecule has 21 rings (SSSR count). The molecular formula is C86H84BBrN20O4. The minimum Gasteiger partial charge on any atom is -0.399 e. The van der Waals surface area contributed by atoms with Gasteiger partial charge >= 0.3 is 7.12 Å². The first-order chi connectivity index (χ1) is 54.1. The number of carbonyl (C=O) groups is 2. The Labute approximate surface area is 658 Å². The van der Waals surface area contributed by atoms with Gasteiger partial charge in [0.1, 0.15) is 62.8 Å². The topological polar surface area (TPSA) is 327 Å². The van der Waals surface area contributed by atoms with Gasteiger partial charge in [-0.2, -0.15) is 10.5 Å². The number of nitrogens with two attached hydrogens (primary N) is 2. The number of hydrogen-bond donors (Lipinski definition) is 2. The number of aromatic nitrogens is 16. The van der Waals surface area contributed by atoms with Gasteiger partial charge in [-0.15, -0.1) is 0 Å². The van der Waals surface area contributed by atoms with Crippen LogP contribution in [0, 0.1) is 50.4 Å². The monoisotopic (exact) mass is 1550 g/mol.